The van der Waals surface area contributed by atoms with Gasteiger partial charge in [0.1, 0.15) is 5.15 Å². The lowest BCUT2D eigenvalue weighted by Gasteiger charge is -2.15. The smallest absolute Gasteiger partial charge is 0.255 e. The van der Waals surface area contributed by atoms with Gasteiger partial charge in [-0.2, -0.15) is 0 Å². The first-order valence-electron chi connectivity index (χ1n) is 4.86. The molecule has 1 amide bonds. The Balaban J connectivity index is 2.18. The molecule has 16 heavy (non-hydrogen) atoms. The summed E-state index contributed by atoms with van der Waals surface area (Å²) in [4.78, 5) is 17.3. The Morgan fingerprint density at radius 2 is 2.31 bits per heavy atom. The molecule has 1 aliphatic rings. The van der Waals surface area contributed by atoms with Crippen LogP contribution in [-0.4, -0.2) is 40.1 Å². The summed E-state index contributed by atoms with van der Waals surface area (Å²) in [6.07, 6.45) is 1.57. The van der Waals surface area contributed by atoms with Crippen LogP contribution in [0.2, 0.25) is 10.2 Å². The number of likely N-dealkylation sites (tertiary alicyclic amines) is 1. The quantitative estimate of drug-likeness (QED) is 0.781. The second-order valence-electron chi connectivity index (χ2n) is 3.69. The van der Waals surface area contributed by atoms with E-state index in [2.05, 4.69) is 4.98 Å². The number of β-amino-alcohol motifs (C(OH)–C–C–N with tert-alkyl or cyclic N) is 1. The van der Waals surface area contributed by atoms with Gasteiger partial charge < -0.3 is 10.0 Å². The van der Waals surface area contributed by atoms with Gasteiger partial charge >= 0.3 is 0 Å². The fraction of sp³-hybridized carbons (Fsp3) is 0.400. The summed E-state index contributed by atoms with van der Waals surface area (Å²) in [5.74, 6) is -0.178. The molecule has 0 radical (unpaired) electrons. The molecule has 2 heterocycles. The third-order valence-electron chi connectivity index (χ3n) is 2.49. The second kappa shape index (κ2) is 4.57. The van der Waals surface area contributed by atoms with Gasteiger partial charge in [0, 0.05) is 19.3 Å². The zero-order chi connectivity index (χ0) is 11.7. The van der Waals surface area contributed by atoms with Crippen LogP contribution in [0.25, 0.3) is 0 Å². The number of aliphatic hydroxyl groups is 1. The maximum atomic E-state index is 11.9. The number of hydrogen-bond acceptors (Lipinski definition) is 3. The van der Waals surface area contributed by atoms with Crippen molar-refractivity contribution in [2.75, 3.05) is 13.1 Å². The van der Waals surface area contributed by atoms with Crippen molar-refractivity contribution < 1.29 is 9.90 Å². The van der Waals surface area contributed by atoms with Crippen LogP contribution >= 0.6 is 23.2 Å². The fourth-order valence-corrected chi connectivity index (χ4v) is 1.92. The molecule has 6 heteroatoms. The summed E-state index contributed by atoms with van der Waals surface area (Å²) >= 11 is 11.4. The largest absolute Gasteiger partial charge is 0.391 e. The van der Waals surface area contributed by atoms with Crippen LogP contribution in [0, 0.1) is 0 Å². The molecule has 0 spiro atoms. The van der Waals surface area contributed by atoms with E-state index in [1.165, 1.54) is 12.3 Å². The molecule has 0 aliphatic carbocycles. The summed E-state index contributed by atoms with van der Waals surface area (Å²) < 4.78 is 0. The predicted octanol–water partition coefficient (Wildman–Crippen LogP) is 1.60. The van der Waals surface area contributed by atoms with Crippen molar-refractivity contribution in [2.24, 2.45) is 0 Å². The fourth-order valence-electron chi connectivity index (χ4n) is 1.65. The summed E-state index contributed by atoms with van der Waals surface area (Å²) in [6.45, 7) is 0.916. The van der Waals surface area contributed by atoms with E-state index < -0.39 is 6.10 Å². The van der Waals surface area contributed by atoms with E-state index in [4.69, 9.17) is 23.2 Å². The van der Waals surface area contributed by atoms with Gasteiger partial charge in [-0.15, -0.1) is 0 Å². The van der Waals surface area contributed by atoms with Crippen molar-refractivity contribution in [3.8, 4) is 0 Å². The normalized spacial score (nSPS) is 20.2. The van der Waals surface area contributed by atoms with E-state index in [1.54, 1.807) is 4.90 Å². The molecule has 1 aromatic heterocycles. The summed E-state index contributed by atoms with van der Waals surface area (Å²) in [5, 5.41) is 9.77. The molecular formula is C10H10Cl2N2O2. The lowest BCUT2D eigenvalue weighted by molar-refractivity contribution is 0.0764. The van der Waals surface area contributed by atoms with Crippen LogP contribution in [-0.2, 0) is 0 Å². The number of aliphatic hydroxyl groups excluding tert-OH is 1. The minimum Gasteiger partial charge on any atom is -0.391 e. The number of carbonyl (C=O) groups is 1. The molecule has 1 aliphatic heterocycles. The van der Waals surface area contributed by atoms with Crippen LogP contribution in [0.3, 0.4) is 0 Å². The average molecular weight is 261 g/mol. The highest BCUT2D eigenvalue weighted by Crippen LogP contribution is 2.21. The topological polar surface area (TPSA) is 53.4 Å². The number of amides is 1. The predicted molar refractivity (Wildman–Crippen MR) is 60.8 cm³/mol. The summed E-state index contributed by atoms with van der Waals surface area (Å²) in [5.41, 5.74) is 0.392. The van der Waals surface area contributed by atoms with Crippen LogP contribution in [0.1, 0.15) is 16.8 Å². The van der Waals surface area contributed by atoms with Crippen molar-refractivity contribution in [1.29, 1.82) is 0 Å². The Hall–Kier alpha value is -0.840. The van der Waals surface area contributed by atoms with E-state index in [-0.39, 0.29) is 16.1 Å². The number of pyridine rings is 1. The Morgan fingerprint density at radius 3 is 2.88 bits per heavy atom. The lowest BCUT2D eigenvalue weighted by Crippen LogP contribution is -2.29. The van der Waals surface area contributed by atoms with Crippen LogP contribution < -0.4 is 0 Å². The molecule has 1 N–H and O–H groups in total. The van der Waals surface area contributed by atoms with Crippen molar-refractivity contribution in [1.82, 2.24) is 9.88 Å². The number of hydrogen-bond donors (Lipinski definition) is 1. The first-order chi connectivity index (χ1) is 7.58. The molecule has 0 bridgehead atoms. The van der Waals surface area contributed by atoms with Gasteiger partial charge in [0.05, 0.1) is 16.7 Å². The molecule has 1 aromatic rings. The molecule has 1 saturated heterocycles. The Morgan fingerprint density at radius 1 is 1.56 bits per heavy atom. The van der Waals surface area contributed by atoms with Gasteiger partial charge in [-0.25, -0.2) is 4.98 Å². The number of rotatable bonds is 1. The van der Waals surface area contributed by atoms with Crippen molar-refractivity contribution in [3.63, 3.8) is 0 Å². The molecule has 2 rings (SSSR count). The molecule has 4 nitrogen and oxygen atoms in total. The van der Waals surface area contributed by atoms with E-state index in [9.17, 15) is 9.90 Å². The molecule has 0 saturated carbocycles. The third kappa shape index (κ3) is 2.29. The van der Waals surface area contributed by atoms with Gasteiger partial charge in [-0.3, -0.25) is 4.79 Å². The van der Waals surface area contributed by atoms with Crippen molar-refractivity contribution >= 4 is 29.1 Å². The number of carbonyl (C=O) groups excluding carboxylic acids is 1. The minimum atomic E-state index is -0.431. The lowest BCUT2D eigenvalue weighted by atomic mass is 10.2. The monoisotopic (exact) mass is 260 g/mol. The van der Waals surface area contributed by atoms with Crippen LogP contribution in [0.15, 0.2) is 12.3 Å². The van der Waals surface area contributed by atoms with Gasteiger partial charge in [0.2, 0.25) is 0 Å². The van der Waals surface area contributed by atoms with E-state index in [0.29, 0.717) is 25.1 Å². The van der Waals surface area contributed by atoms with Gasteiger partial charge in [0.15, 0.2) is 0 Å². The third-order valence-corrected chi connectivity index (χ3v) is 3.18. The van der Waals surface area contributed by atoms with Gasteiger partial charge in [0.25, 0.3) is 5.91 Å². The Labute approximate surface area is 103 Å². The zero-order valence-electron chi connectivity index (χ0n) is 8.36. The number of nitrogens with zero attached hydrogens (tertiary/aromatic N) is 2. The maximum absolute atomic E-state index is 11.9. The SMILES string of the molecule is O=C(c1cnc(Cl)c(Cl)c1)N1CCC(O)C1. The van der Waals surface area contributed by atoms with Crippen LogP contribution in [0.5, 0.6) is 0 Å². The average Bonchev–Trinajstić information content (AvgIpc) is 2.68. The number of halogens is 2. The first kappa shape index (κ1) is 11.6. The molecule has 1 unspecified atom stereocenters. The zero-order valence-corrected chi connectivity index (χ0v) is 9.87. The highest BCUT2D eigenvalue weighted by atomic mass is 35.5. The maximum Gasteiger partial charge on any atom is 0.255 e. The van der Waals surface area contributed by atoms with E-state index in [1.807, 2.05) is 0 Å². The molecule has 86 valence electrons. The highest BCUT2D eigenvalue weighted by Gasteiger charge is 2.25. The molecule has 1 atom stereocenters. The molecule has 1 fully saturated rings. The minimum absolute atomic E-state index is 0.178. The summed E-state index contributed by atoms with van der Waals surface area (Å²) in [6, 6.07) is 1.49. The van der Waals surface area contributed by atoms with Gasteiger partial charge in [-0.05, 0) is 12.5 Å². The second-order valence-corrected chi connectivity index (χ2v) is 4.46. The number of aromatic nitrogens is 1. The van der Waals surface area contributed by atoms with Crippen molar-refractivity contribution in [3.05, 3.63) is 28.0 Å². The van der Waals surface area contributed by atoms with E-state index in [0.717, 1.165) is 0 Å². The van der Waals surface area contributed by atoms with Crippen molar-refractivity contribution in [2.45, 2.75) is 12.5 Å². The Kier molecular flexibility index (Phi) is 3.33. The highest BCUT2D eigenvalue weighted by molar-refractivity contribution is 6.41. The van der Waals surface area contributed by atoms with Gasteiger partial charge in [-0.1, -0.05) is 23.2 Å². The molecule has 0 aromatic carbocycles. The van der Waals surface area contributed by atoms with Crippen LogP contribution in [0.4, 0.5) is 0 Å². The standard InChI is InChI=1S/C10H10Cl2N2O2/c11-8-3-6(4-13-9(8)12)10(16)14-2-1-7(15)5-14/h3-4,7,15H,1-2,5H2. The Bertz CT molecular complexity index is 425. The van der Waals surface area contributed by atoms with E-state index >= 15 is 0 Å². The first-order valence-corrected chi connectivity index (χ1v) is 5.62. The summed E-state index contributed by atoms with van der Waals surface area (Å²) in [7, 11) is 0. The molecular weight excluding hydrogens is 251 g/mol.